The fourth-order valence-corrected chi connectivity index (χ4v) is 3.22. The minimum Gasteiger partial charge on any atom is -0.504 e. The number of aromatic nitrogens is 1. The number of hydrogen-bond donors (Lipinski definition) is 2. The summed E-state index contributed by atoms with van der Waals surface area (Å²) >= 11 is 0. The quantitative estimate of drug-likeness (QED) is 0.364. The first-order chi connectivity index (χ1) is 15.6. The van der Waals surface area contributed by atoms with E-state index in [1.807, 2.05) is 6.07 Å². The molecule has 2 N–H and O–H groups in total. The summed E-state index contributed by atoms with van der Waals surface area (Å²) in [4.78, 5) is 8.49. The summed E-state index contributed by atoms with van der Waals surface area (Å²) < 4.78 is 35.4. The minimum absolute atomic E-state index is 0.155. The maximum Gasteiger partial charge on any atom is 0.210 e. The molecule has 1 aromatic carbocycles. The Labute approximate surface area is 184 Å². The monoisotopic (exact) mass is 439 g/mol. The van der Waals surface area contributed by atoms with Crippen molar-refractivity contribution < 1.29 is 28.1 Å². The van der Waals surface area contributed by atoms with Crippen molar-refractivity contribution in [3.8, 4) is 5.75 Å². The summed E-state index contributed by atoms with van der Waals surface area (Å²) in [5.74, 6) is 0.449. The van der Waals surface area contributed by atoms with Crippen LogP contribution in [-0.2, 0) is 14.2 Å². The van der Waals surface area contributed by atoms with E-state index >= 15 is 0 Å². The van der Waals surface area contributed by atoms with E-state index in [2.05, 4.69) is 15.3 Å². The van der Waals surface area contributed by atoms with Crippen LogP contribution in [0.5, 0.6) is 5.75 Å². The molecule has 0 saturated carbocycles. The molecule has 2 aromatic heterocycles. The summed E-state index contributed by atoms with van der Waals surface area (Å²) in [6.07, 6.45) is 4.03. The lowest BCUT2D eigenvalue weighted by molar-refractivity contribution is -0.136. The van der Waals surface area contributed by atoms with Crippen molar-refractivity contribution in [2.75, 3.05) is 32.8 Å². The maximum absolute atomic E-state index is 13.3. The van der Waals surface area contributed by atoms with Gasteiger partial charge in [0.25, 0.3) is 0 Å². The fourth-order valence-electron chi connectivity index (χ4n) is 3.22. The highest BCUT2D eigenvalue weighted by molar-refractivity contribution is 6.20. The molecular weight excluding hydrogens is 417 g/mol. The van der Waals surface area contributed by atoms with Crippen molar-refractivity contribution in [1.29, 1.82) is 0 Å². The van der Waals surface area contributed by atoms with Crippen LogP contribution in [-0.4, -0.2) is 43.7 Å². The normalized spacial score (nSPS) is 14.7. The van der Waals surface area contributed by atoms with Gasteiger partial charge >= 0.3 is 0 Å². The molecule has 0 radical (unpaired) electrons. The molecular formula is C23H22FN3O5. The number of fused-ring (bicyclic) bond motifs is 1. The summed E-state index contributed by atoms with van der Waals surface area (Å²) in [7, 11) is 3.01. The first kappa shape index (κ1) is 21.7. The highest BCUT2D eigenvalue weighted by Crippen LogP contribution is 2.43. The number of nitrogens with zero attached hydrogens (tertiary/aromatic N) is 2. The predicted octanol–water partition coefficient (Wildman–Crippen LogP) is 4.83. The smallest absolute Gasteiger partial charge is 0.210 e. The Bertz CT molecular complexity index is 1140. The first-order valence-electron chi connectivity index (χ1n) is 9.83. The van der Waals surface area contributed by atoms with E-state index in [0.29, 0.717) is 18.1 Å². The molecule has 0 aliphatic carbocycles. The van der Waals surface area contributed by atoms with Crippen LogP contribution in [0.1, 0.15) is 23.2 Å². The predicted molar refractivity (Wildman–Crippen MR) is 118 cm³/mol. The zero-order valence-electron chi connectivity index (χ0n) is 17.5. The number of aliphatic imine (C=N–C) groups is 1. The fraction of sp³-hybridized carbons (Fsp3) is 0.217. The Kier molecular flexibility index (Phi) is 6.60. The number of methoxy groups -OCH3 is 2. The summed E-state index contributed by atoms with van der Waals surface area (Å²) in [5.41, 5.74) is 2.37. The van der Waals surface area contributed by atoms with Crippen molar-refractivity contribution in [2.45, 2.75) is 6.29 Å². The molecule has 0 saturated heterocycles. The van der Waals surface area contributed by atoms with Gasteiger partial charge < -0.3 is 29.1 Å². The Morgan fingerprint density at radius 2 is 2.00 bits per heavy atom. The number of anilines is 2. The van der Waals surface area contributed by atoms with E-state index < -0.39 is 6.29 Å². The van der Waals surface area contributed by atoms with Gasteiger partial charge in [-0.2, -0.15) is 0 Å². The lowest BCUT2D eigenvalue weighted by Gasteiger charge is -2.17. The zero-order chi connectivity index (χ0) is 22.5. The van der Waals surface area contributed by atoms with Crippen LogP contribution < -0.4 is 5.32 Å². The second kappa shape index (κ2) is 9.73. The molecule has 1 atom stereocenters. The van der Waals surface area contributed by atoms with Crippen LogP contribution in [0.25, 0.3) is 11.6 Å². The summed E-state index contributed by atoms with van der Waals surface area (Å²) in [6, 6.07) is 9.42. The van der Waals surface area contributed by atoms with Crippen LogP contribution in [0.3, 0.4) is 0 Å². The van der Waals surface area contributed by atoms with Gasteiger partial charge in [-0.05, 0) is 42.5 Å². The van der Waals surface area contributed by atoms with Crippen LogP contribution in [0.2, 0.25) is 0 Å². The molecule has 0 bridgehead atoms. The van der Waals surface area contributed by atoms with E-state index in [1.54, 1.807) is 43.8 Å². The Hall–Kier alpha value is -3.53. The molecule has 9 heteroatoms. The average molecular weight is 439 g/mol. The van der Waals surface area contributed by atoms with Crippen LogP contribution in [0.15, 0.2) is 52.0 Å². The molecule has 0 fully saturated rings. The van der Waals surface area contributed by atoms with Gasteiger partial charge in [0, 0.05) is 43.5 Å². The molecule has 3 heterocycles. The minimum atomic E-state index is -0.935. The van der Waals surface area contributed by atoms with Crippen molar-refractivity contribution >= 4 is 35.3 Å². The number of allylic oxidation sites excluding steroid dienone is 1. The Morgan fingerprint density at radius 3 is 2.75 bits per heavy atom. The lowest BCUT2D eigenvalue weighted by atomic mass is 10.1. The van der Waals surface area contributed by atoms with Gasteiger partial charge in [0.05, 0.1) is 13.2 Å². The SMILES string of the molecule is COCCOC(OC)c1c(Nc2ccc(F)cc2)oc(C=C2C=Nc3ncccc32)c1O. The van der Waals surface area contributed by atoms with Gasteiger partial charge in [0.1, 0.15) is 11.4 Å². The lowest BCUT2D eigenvalue weighted by Crippen LogP contribution is -2.11. The number of ether oxygens (including phenoxy) is 3. The summed E-state index contributed by atoms with van der Waals surface area (Å²) in [5, 5.41) is 14.1. The maximum atomic E-state index is 13.3. The molecule has 1 aliphatic rings. The number of hydrogen-bond acceptors (Lipinski definition) is 8. The van der Waals surface area contributed by atoms with E-state index in [9.17, 15) is 9.50 Å². The topological polar surface area (TPSA) is 98.3 Å². The van der Waals surface area contributed by atoms with Crippen LogP contribution >= 0.6 is 0 Å². The number of aromatic hydroxyl groups is 1. The van der Waals surface area contributed by atoms with Crippen molar-refractivity contribution in [1.82, 2.24) is 4.98 Å². The molecule has 3 aromatic rings. The first-order valence-corrected chi connectivity index (χ1v) is 9.83. The number of halogens is 1. The number of pyridine rings is 1. The Morgan fingerprint density at radius 1 is 1.19 bits per heavy atom. The second-order valence-electron chi connectivity index (χ2n) is 6.85. The molecule has 1 unspecified atom stereocenters. The molecule has 8 nitrogen and oxygen atoms in total. The van der Waals surface area contributed by atoms with Gasteiger partial charge in [0.15, 0.2) is 23.6 Å². The van der Waals surface area contributed by atoms with E-state index in [-0.39, 0.29) is 35.4 Å². The average Bonchev–Trinajstić information content (AvgIpc) is 3.34. The van der Waals surface area contributed by atoms with Gasteiger partial charge in [-0.15, -0.1) is 0 Å². The van der Waals surface area contributed by atoms with Gasteiger partial charge in [-0.1, -0.05) is 0 Å². The van der Waals surface area contributed by atoms with Crippen molar-refractivity contribution in [3.63, 3.8) is 0 Å². The second-order valence-corrected chi connectivity index (χ2v) is 6.85. The number of nitrogens with one attached hydrogen (secondary N) is 1. The van der Waals surface area contributed by atoms with Crippen molar-refractivity contribution in [3.05, 3.63) is 65.3 Å². The standard InChI is InChI=1S/C23H22FN3O5/c1-29-10-11-31-23(30-2)19-20(28)18(12-14-13-26-21-17(14)4-3-9-25-21)32-22(19)27-16-7-5-15(24)6-8-16/h3-9,12-13,23,27-28H,10-11H2,1-2H3. The highest BCUT2D eigenvalue weighted by atomic mass is 19.1. The molecule has 4 rings (SSSR count). The molecule has 32 heavy (non-hydrogen) atoms. The molecule has 166 valence electrons. The summed E-state index contributed by atoms with van der Waals surface area (Å²) in [6.45, 7) is 0.577. The molecule has 0 spiro atoms. The van der Waals surface area contributed by atoms with Gasteiger partial charge in [-0.25, -0.2) is 14.4 Å². The van der Waals surface area contributed by atoms with E-state index in [1.165, 1.54) is 19.2 Å². The van der Waals surface area contributed by atoms with Gasteiger partial charge in [-0.3, -0.25) is 0 Å². The van der Waals surface area contributed by atoms with Crippen LogP contribution in [0.4, 0.5) is 21.8 Å². The molecule has 1 aliphatic heterocycles. The molecule has 0 amide bonds. The third kappa shape index (κ3) is 4.54. The Balaban J connectivity index is 1.73. The number of rotatable bonds is 9. The zero-order valence-corrected chi connectivity index (χ0v) is 17.5. The third-order valence-electron chi connectivity index (χ3n) is 4.76. The number of benzene rings is 1. The van der Waals surface area contributed by atoms with Crippen LogP contribution in [0, 0.1) is 5.82 Å². The third-order valence-corrected chi connectivity index (χ3v) is 4.76. The number of furan rings is 1. The van der Waals surface area contributed by atoms with Crippen molar-refractivity contribution in [2.24, 2.45) is 4.99 Å². The van der Waals surface area contributed by atoms with E-state index in [0.717, 1.165) is 11.1 Å². The van der Waals surface area contributed by atoms with Gasteiger partial charge in [0.2, 0.25) is 5.88 Å². The highest BCUT2D eigenvalue weighted by Gasteiger charge is 2.28. The largest absolute Gasteiger partial charge is 0.504 e. The van der Waals surface area contributed by atoms with E-state index in [4.69, 9.17) is 18.6 Å².